The number of sulfone groups is 1. The van der Waals surface area contributed by atoms with E-state index < -0.39 is 34.4 Å². The lowest BCUT2D eigenvalue weighted by atomic mass is 10.1. The predicted octanol–water partition coefficient (Wildman–Crippen LogP) is 0.274. The van der Waals surface area contributed by atoms with E-state index in [2.05, 4.69) is 5.32 Å². The first-order valence-electron chi connectivity index (χ1n) is 5.32. The van der Waals surface area contributed by atoms with Gasteiger partial charge >= 0.3 is 12.1 Å². The third kappa shape index (κ3) is 4.45. The van der Waals surface area contributed by atoms with Gasteiger partial charge in [0, 0.05) is 6.54 Å². The Labute approximate surface area is 102 Å². The van der Waals surface area contributed by atoms with Gasteiger partial charge in [0.1, 0.15) is 0 Å². The molecule has 0 aliphatic carbocycles. The Morgan fingerprint density at radius 3 is 2.44 bits per heavy atom. The molecule has 1 heterocycles. The second-order valence-corrected chi connectivity index (χ2v) is 6.59. The monoisotopic (exact) mass is 289 g/mol. The molecule has 0 amide bonds. The van der Waals surface area contributed by atoms with E-state index in [1.165, 1.54) is 0 Å². The van der Waals surface area contributed by atoms with Gasteiger partial charge < -0.3 is 10.4 Å². The minimum atomic E-state index is -4.80. The minimum Gasteiger partial charge on any atom is -0.481 e. The van der Waals surface area contributed by atoms with E-state index in [0.717, 1.165) is 0 Å². The van der Waals surface area contributed by atoms with E-state index in [-0.39, 0.29) is 24.0 Å². The standard InChI is InChI=1S/C9H14F3NO4S/c10-9(11,12)7(8(14)15)4-13-3-6-1-2-18(16,17)5-6/h6-7,13H,1-5H2,(H,14,15). The Kier molecular flexibility index (Phi) is 4.60. The van der Waals surface area contributed by atoms with Crippen LogP contribution in [0.25, 0.3) is 0 Å². The van der Waals surface area contributed by atoms with Crippen molar-refractivity contribution in [2.75, 3.05) is 24.6 Å². The Morgan fingerprint density at radius 2 is 2.06 bits per heavy atom. The highest BCUT2D eigenvalue weighted by Gasteiger charge is 2.44. The van der Waals surface area contributed by atoms with Crippen LogP contribution in [0.5, 0.6) is 0 Å². The molecular formula is C9H14F3NO4S. The normalized spacial score (nSPS) is 24.9. The van der Waals surface area contributed by atoms with Gasteiger partial charge in [-0.2, -0.15) is 13.2 Å². The maximum atomic E-state index is 12.3. The molecule has 0 radical (unpaired) electrons. The zero-order chi connectivity index (χ0) is 14.0. The molecule has 0 aromatic rings. The van der Waals surface area contributed by atoms with Gasteiger partial charge in [-0.1, -0.05) is 0 Å². The molecule has 9 heteroatoms. The van der Waals surface area contributed by atoms with Gasteiger partial charge in [-0.15, -0.1) is 0 Å². The molecule has 2 unspecified atom stereocenters. The van der Waals surface area contributed by atoms with Gasteiger partial charge in [0.05, 0.1) is 11.5 Å². The molecular weight excluding hydrogens is 275 g/mol. The third-order valence-electron chi connectivity index (χ3n) is 2.80. The van der Waals surface area contributed by atoms with Crippen LogP contribution in [0.3, 0.4) is 0 Å². The molecule has 1 fully saturated rings. The zero-order valence-corrected chi connectivity index (χ0v) is 10.2. The number of alkyl halides is 3. The van der Waals surface area contributed by atoms with Gasteiger partial charge in [-0.3, -0.25) is 4.79 Å². The highest BCUT2D eigenvalue weighted by Crippen LogP contribution is 2.26. The van der Waals surface area contributed by atoms with Crippen LogP contribution in [0.1, 0.15) is 6.42 Å². The summed E-state index contributed by atoms with van der Waals surface area (Å²) in [7, 11) is -3.07. The molecule has 5 nitrogen and oxygen atoms in total. The molecule has 1 aliphatic heterocycles. The van der Waals surface area contributed by atoms with Gasteiger partial charge in [0.25, 0.3) is 0 Å². The SMILES string of the molecule is O=C(O)C(CNCC1CCS(=O)(=O)C1)C(F)(F)F. The quantitative estimate of drug-likeness (QED) is 0.759. The summed E-state index contributed by atoms with van der Waals surface area (Å²) >= 11 is 0. The number of carboxylic acids is 1. The summed E-state index contributed by atoms with van der Waals surface area (Å²) in [4.78, 5) is 10.4. The van der Waals surface area contributed by atoms with Crippen molar-refractivity contribution < 1.29 is 31.5 Å². The fourth-order valence-electron chi connectivity index (χ4n) is 1.81. The average Bonchev–Trinajstić information content (AvgIpc) is 2.50. The first-order valence-corrected chi connectivity index (χ1v) is 7.14. The van der Waals surface area contributed by atoms with Gasteiger partial charge in [-0.25, -0.2) is 8.42 Å². The van der Waals surface area contributed by atoms with Crippen LogP contribution in [0, 0.1) is 11.8 Å². The smallest absolute Gasteiger partial charge is 0.403 e. The minimum absolute atomic E-state index is 0.0426. The molecule has 0 spiro atoms. The Hall–Kier alpha value is -0.830. The summed E-state index contributed by atoms with van der Waals surface area (Å²) in [5.41, 5.74) is 0. The van der Waals surface area contributed by atoms with E-state index in [4.69, 9.17) is 5.11 Å². The number of carboxylic acid groups (broad SMARTS) is 1. The molecule has 18 heavy (non-hydrogen) atoms. The van der Waals surface area contributed by atoms with Crippen LogP contribution in [0.15, 0.2) is 0 Å². The third-order valence-corrected chi connectivity index (χ3v) is 4.64. The highest BCUT2D eigenvalue weighted by molar-refractivity contribution is 7.91. The lowest BCUT2D eigenvalue weighted by Gasteiger charge is -2.17. The summed E-state index contributed by atoms with van der Waals surface area (Å²) in [5.74, 6) is -4.65. The summed E-state index contributed by atoms with van der Waals surface area (Å²) in [6.45, 7) is -0.658. The fourth-order valence-corrected chi connectivity index (χ4v) is 3.67. The highest BCUT2D eigenvalue weighted by atomic mass is 32.2. The molecule has 1 saturated heterocycles. The number of carbonyl (C=O) groups is 1. The van der Waals surface area contributed by atoms with Crippen molar-refractivity contribution >= 4 is 15.8 Å². The summed E-state index contributed by atoms with van der Waals surface area (Å²) in [6, 6.07) is 0. The molecule has 106 valence electrons. The van der Waals surface area contributed by atoms with E-state index in [1.54, 1.807) is 0 Å². The van der Waals surface area contributed by atoms with Gasteiger partial charge in [0.15, 0.2) is 15.8 Å². The number of aliphatic carboxylic acids is 1. The van der Waals surface area contributed by atoms with Crippen molar-refractivity contribution in [3.63, 3.8) is 0 Å². The van der Waals surface area contributed by atoms with Crippen LogP contribution in [0.2, 0.25) is 0 Å². The van der Waals surface area contributed by atoms with Crippen molar-refractivity contribution in [1.29, 1.82) is 0 Å². The Morgan fingerprint density at radius 1 is 1.44 bits per heavy atom. The number of nitrogens with one attached hydrogen (secondary N) is 1. The maximum Gasteiger partial charge on any atom is 0.403 e. The lowest BCUT2D eigenvalue weighted by Crippen LogP contribution is -2.40. The predicted molar refractivity (Wildman–Crippen MR) is 56.8 cm³/mol. The lowest BCUT2D eigenvalue weighted by molar-refractivity contribution is -0.192. The Bertz CT molecular complexity index is 407. The number of halogens is 3. The topological polar surface area (TPSA) is 83.5 Å². The van der Waals surface area contributed by atoms with Gasteiger partial charge in [0.2, 0.25) is 0 Å². The van der Waals surface area contributed by atoms with Crippen LogP contribution in [-0.2, 0) is 14.6 Å². The molecule has 0 aromatic heterocycles. The van der Waals surface area contributed by atoms with Crippen molar-refractivity contribution in [3.8, 4) is 0 Å². The molecule has 2 atom stereocenters. The summed E-state index contributed by atoms with van der Waals surface area (Å²) < 4.78 is 59.0. The second kappa shape index (κ2) is 5.43. The molecule has 1 aliphatic rings. The number of rotatable bonds is 5. The van der Waals surface area contributed by atoms with E-state index in [0.29, 0.717) is 6.42 Å². The van der Waals surface area contributed by atoms with E-state index in [1.807, 2.05) is 0 Å². The maximum absolute atomic E-state index is 12.3. The van der Waals surface area contributed by atoms with Crippen molar-refractivity contribution in [2.45, 2.75) is 12.6 Å². The van der Waals surface area contributed by atoms with Crippen LogP contribution in [-0.4, -0.2) is 50.3 Å². The fraction of sp³-hybridized carbons (Fsp3) is 0.889. The Balaban J connectivity index is 2.39. The van der Waals surface area contributed by atoms with Crippen molar-refractivity contribution in [2.24, 2.45) is 11.8 Å². The van der Waals surface area contributed by atoms with Crippen molar-refractivity contribution in [3.05, 3.63) is 0 Å². The zero-order valence-electron chi connectivity index (χ0n) is 9.40. The van der Waals surface area contributed by atoms with Crippen LogP contribution in [0.4, 0.5) is 13.2 Å². The first kappa shape index (κ1) is 15.2. The van der Waals surface area contributed by atoms with Crippen LogP contribution >= 0.6 is 0 Å². The largest absolute Gasteiger partial charge is 0.481 e. The first-order chi connectivity index (χ1) is 8.12. The average molecular weight is 289 g/mol. The van der Waals surface area contributed by atoms with Gasteiger partial charge in [-0.05, 0) is 18.9 Å². The number of hydrogen-bond donors (Lipinski definition) is 2. The van der Waals surface area contributed by atoms with Crippen molar-refractivity contribution in [1.82, 2.24) is 5.32 Å². The molecule has 0 aromatic carbocycles. The molecule has 0 bridgehead atoms. The molecule has 1 rings (SSSR count). The number of hydrogen-bond acceptors (Lipinski definition) is 4. The summed E-state index contributed by atoms with van der Waals surface area (Å²) in [6.07, 6.45) is -4.40. The molecule has 0 saturated carbocycles. The van der Waals surface area contributed by atoms with E-state index >= 15 is 0 Å². The second-order valence-electron chi connectivity index (χ2n) is 4.36. The summed E-state index contributed by atoms with van der Waals surface area (Å²) in [5, 5.41) is 10.8. The van der Waals surface area contributed by atoms with Crippen LogP contribution < -0.4 is 5.32 Å². The van der Waals surface area contributed by atoms with E-state index in [9.17, 15) is 26.4 Å². The molecule has 2 N–H and O–H groups in total.